The Hall–Kier alpha value is -8.47. The summed E-state index contributed by atoms with van der Waals surface area (Å²) in [6, 6.07) is 86.8. The maximum absolute atomic E-state index is 5.17. The van der Waals surface area contributed by atoms with Crippen molar-refractivity contribution in [3.05, 3.63) is 276 Å². The van der Waals surface area contributed by atoms with E-state index in [1.807, 2.05) is 6.20 Å². The highest BCUT2D eigenvalue weighted by Gasteiger charge is 2.35. The van der Waals surface area contributed by atoms with Crippen molar-refractivity contribution in [1.82, 2.24) is 9.55 Å². The molecule has 0 amide bonds. The first-order valence-corrected chi connectivity index (χ1v) is 25.6. The fraction of sp³-hybridized carbons (Fsp3) is 0.145. The molecular formula is C69H60N4. The van der Waals surface area contributed by atoms with Crippen LogP contribution in [0.4, 0.5) is 22.7 Å². The van der Waals surface area contributed by atoms with Gasteiger partial charge in [0.2, 0.25) is 0 Å². The molecule has 73 heavy (non-hydrogen) atoms. The first-order chi connectivity index (χ1) is 35.5. The summed E-state index contributed by atoms with van der Waals surface area (Å²) in [6.07, 6.45) is 1.99. The predicted molar refractivity (Wildman–Crippen MR) is 307 cm³/mol. The number of fused-ring (bicyclic) bond motifs is 4. The summed E-state index contributed by atoms with van der Waals surface area (Å²) in [5.41, 5.74) is 18.4. The Morgan fingerprint density at radius 2 is 0.918 bits per heavy atom. The second-order valence-electron chi connectivity index (χ2n) is 21.4. The molecule has 9 aromatic carbocycles. The van der Waals surface area contributed by atoms with Crippen LogP contribution in [-0.4, -0.2) is 16.2 Å². The van der Waals surface area contributed by atoms with Gasteiger partial charge in [0.15, 0.2) is 0 Å². The third-order valence-electron chi connectivity index (χ3n) is 15.7. The lowest BCUT2D eigenvalue weighted by Crippen LogP contribution is -2.27. The summed E-state index contributed by atoms with van der Waals surface area (Å²) < 4.78 is 2.38. The topological polar surface area (TPSA) is 24.3 Å². The molecule has 4 nitrogen and oxygen atoms in total. The van der Waals surface area contributed by atoms with Crippen molar-refractivity contribution >= 4 is 44.6 Å². The molecule has 11 aromatic rings. The van der Waals surface area contributed by atoms with Gasteiger partial charge in [-0.15, -0.1) is 0 Å². The van der Waals surface area contributed by atoms with Gasteiger partial charge in [-0.2, -0.15) is 0 Å². The molecule has 0 fully saturated rings. The number of aromatic nitrogens is 2. The molecule has 0 atom stereocenters. The van der Waals surface area contributed by atoms with Crippen molar-refractivity contribution in [3.8, 4) is 28.1 Å². The number of benzene rings is 9. The van der Waals surface area contributed by atoms with Crippen LogP contribution in [0.1, 0.15) is 74.9 Å². The van der Waals surface area contributed by atoms with Gasteiger partial charge in [-0.25, -0.2) is 4.98 Å². The summed E-state index contributed by atoms with van der Waals surface area (Å²) in [4.78, 5) is 10.2. The maximum atomic E-state index is 5.17. The fourth-order valence-electron chi connectivity index (χ4n) is 11.4. The van der Waals surface area contributed by atoms with E-state index in [1.165, 1.54) is 89.2 Å². The Bertz CT molecular complexity index is 3690. The van der Waals surface area contributed by atoms with E-state index >= 15 is 0 Å². The number of para-hydroxylation sites is 4. The minimum absolute atomic E-state index is 0.110. The molecule has 0 aliphatic carbocycles. The third-order valence-corrected chi connectivity index (χ3v) is 15.7. The Kier molecular flexibility index (Phi) is 11.2. The van der Waals surface area contributed by atoms with E-state index in [0.717, 1.165) is 16.9 Å². The molecule has 3 heterocycles. The second-order valence-corrected chi connectivity index (χ2v) is 21.4. The van der Waals surface area contributed by atoms with Gasteiger partial charge in [0.1, 0.15) is 12.5 Å². The number of anilines is 4. The van der Waals surface area contributed by atoms with Gasteiger partial charge in [0, 0.05) is 44.6 Å². The number of nitrogens with zero attached hydrogens (tertiary/aromatic N) is 4. The Morgan fingerprint density at radius 3 is 1.53 bits per heavy atom. The highest BCUT2D eigenvalue weighted by molar-refractivity contribution is 6.09. The molecule has 0 spiro atoms. The molecule has 0 unspecified atom stereocenters. The molecule has 12 rings (SSSR count). The first kappa shape index (κ1) is 45.7. The second kappa shape index (κ2) is 18.0. The number of hydrogen-bond acceptors (Lipinski definition) is 3. The van der Waals surface area contributed by atoms with E-state index in [2.05, 4.69) is 292 Å². The Morgan fingerprint density at radius 1 is 0.384 bits per heavy atom. The van der Waals surface area contributed by atoms with E-state index in [-0.39, 0.29) is 10.8 Å². The Balaban J connectivity index is 0.991. The van der Waals surface area contributed by atoms with Crippen LogP contribution in [0.5, 0.6) is 0 Å². The van der Waals surface area contributed by atoms with E-state index < -0.39 is 5.41 Å². The summed E-state index contributed by atoms with van der Waals surface area (Å²) in [5.74, 6) is 0.898. The van der Waals surface area contributed by atoms with E-state index in [4.69, 9.17) is 4.98 Å². The van der Waals surface area contributed by atoms with Crippen LogP contribution in [0.3, 0.4) is 0 Å². The van der Waals surface area contributed by atoms with Gasteiger partial charge in [-0.1, -0.05) is 223 Å². The van der Waals surface area contributed by atoms with Gasteiger partial charge in [0.05, 0.1) is 28.1 Å². The summed E-state index contributed by atoms with van der Waals surface area (Å²) in [5, 5.41) is 2.42. The molecule has 0 radical (unpaired) electrons. The zero-order chi connectivity index (χ0) is 49.9. The molecule has 0 N–H and O–H groups in total. The van der Waals surface area contributed by atoms with Crippen molar-refractivity contribution in [2.45, 2.75) is 57.8 Å². The van der Waals surface area contributed by atoms with Crippen molar-refractivity contribution in [2.75, 3.05) is 16.5 Å². The minimum atomic E-state index is -0.412. The SMILES string of the molecule is CC(C)(C)c1cc(N2CN(c3c(-c4ccccc4)cccc3-c3ccccc3)c3ccccc32)cc(C(C)(C)c2ccc3c4ccccc4n(-c4cc(C(C)(c5ccccc5)c5ccccc5)ccn4)c3c2)c1. The molecule has 0 saturated carbocycles. The van der Waals surface area contributed by atoms with E-state index in [0.29, 0.717) is 6.67 Å². The zero-order valence-electron chi connectivity index (χ0n) is 42.6. The summed E-state index contributed by atoms with van der Waals surface area (Å²) in [6.45, 7) is 14.8. The fourth-order valence-corrected chi connectivity index (χ4v) is 11.4. The molecular weight excluding hydrogens is 885 g/mol. The van der Waals surface area contributed by atoms with Crippen molar-refractivity contribution in [2.24, 2.45) is 0 Å². The first-order valence-electron chi connectivity index (χ1n) is 25.6. The van der Waals surface area contributed by atoms with Gasteiger partial charge in [0.25, 0.3) is 0 Å². The quantitative estimate of drug-likeness (QED) is 0.137. The standard InChI is InChI=1S/C69H60N4/c1-67(2,3)54-42-55(44-56(43-54)71-47-72(63-37-22-21-36-62(63)71)66-57(48-24-11-7-12-25-48)33-23-34-58(66)49-26-13-8-14-27-49)68(4,5)52-38-39-60-59-32-19-20-35-61(59)73(64(60)45-52)65-46-53(40-41-70-65)69(6,50-28-15-9-16-29-50)51-30-17-10-18-31-51/h7-46H,47H2,1-6H3. The van der Waals surface area contributed by atoms with Crippen LogP contribution >= 0.6 is 0 Å². The van der Waals surface area contributed by atoms with Crippen LogP contribution in [-0.2, 0) is 16.2 Å². The van der Waals surface area contributed by atoms with Crippen molar-refractivity contribution in [3.63, 3.8) is 0 Å². The predicted octanol–water partition coefficient (Wildman–Crippen LogP) is 17.7. The Labute approximate surface area is 430 Å². The molecule has 1 aliphatic rings. The highest BCUT2D eigenvalue weighted by Crippen LogP contribution is 2.51. The summed E-state index contributed by atoms with van der Waals surface area (Å²) >= 11 is 0. The molecule has 0 bridgehead atoms. The number of pyridine rings is 1. The largest absolute Gasteiger partial charge is 0.321 e. The normalized spacial score (nSPS) is 13.0. The van der Waals surface area contributed by atoms with E-state index in [9.17, 15) is 0 Å². The lowest BCUT2D eigenvalue weighted by molar-refractivity contribution is 0.582. The van der Waals surface area contributed by atoms with Gasteiger partial charge < -0.3 is 9.80 Å². The molecule has 1 aliphatic heterocycles. The van der Waals surface area contributed by atoms with Crippen molar-refractivity contribution < 1.29 is 0 Å². The lowest BCUT2D eigenvalue weighted by Gasteiger charge is -2.32. The van der Waals surface area contributed by atoms with Gasteiger partial charge in [-0.3, -0.25) is 4.57 Å². The monoisotopic (exact) mass is 944 g/mol. The van der Waals surface area contributed by atoms with E-state index in [1.54, 1.807) is 0 Å². The van der Waals surface area contributed by atoms with Crippen LogP contribution < -0.4 is 9.80 Å². The molecule has 0 saturated heterocycles. The van der Waals surface area contributed by atoms with Crippen LogP contribution in [0.2, 0.25) is 0 Å². The van der Waals surface area contributed by atoms with Crippen LogP contribution in [0, 0.1) is 0 Å². The molecule has 2 aromatic heterocycles. The minimum Gasteiger partial charge on any atom is -0.321 e. The average molecular weight is 945 g/mol. The third kappa shape index (κ3) is 7.90. The summed E-state index contributed by atoms with van der Waals surface area (Å²) in [7, 11) is 0. The number of hydrogen-bond donors (Lipinski definition) is 0. The average Bonchev–Trinajstić information content (AvgIpc) is 3.99. The lowest BCUT2D eigenvalue weighted by atomic mass is 9.71. The van der Waals surface area contributed by atoms with Crippen molar-refractivity contribution in [1.29, 1.82) is 0 Å². The maximum Gasteiger partial charge on any atom is 0.137 e. The molecule has 356 valence electrons. The molecule has 4 heteroatoms. The zero-order valence-corrected chi connectivity index (χ0v) is 42.6. The van der Waals surface area contributed by atoms with Gasteiger partial charge >= 0.3 is 0 Å². The highest BCUT2D eigenvalue weighted by atomic mass is 15.4. The van der Waals surface area contributed by atoms with Gasteiger partial charge in [-0.05, 0) is 105 Å². The number of rotatable bonds is 10. The van der Waals surface area contributed by atoms with Crippen LogP contribution in [0.25, 0.3) is 49.9 Å². The van der Waals surface area contributed by atoms with Crippen LogP contribution in [0.15, 0.2) is 243 Å². The smallest absolute Gasteiger partial charge is 0.137 e.